The smallest absolute Gasteiger partial charge is 0.0708 e. The number of benzene rings is 1. The van der Waals surface area contributed by atoms with E-state index in [4.69, 9.17) is 5.73 Å². The zero-order chi connectivity index (χ0) is 13.5. The minimum atomic E-state index is -0.346. The normalized spacial score (nSPS) is 12.4. The van der Waals surface area contributed by atoms with Crippen molar-refractivity contribution in [1.82, 2.24) is 4.98 Å². The third-order valence-corrected chi connectivity index (χ3v) is 3.32. The van der Waals surface area contributed by atoms with Crippen LogP contribution in [0.15, 0.2) is 24.3 Å². The maximum absolute atomic E-state index is 6.29. The van der Waals surface area contributed by atoms with E-state index in [0.29, 0.717) is 5.92 Å². The molecule has 0 fully saturated rings. The van der Waals surface area contributed by atoms with Crippen molar-refractivity contribution in [3.05, 3.63) is 41.1 Å². The molecule has 1 aromatic heterocycles. The highest BCUT2D eigenvalue weighted by Gasteiger charge is 2.18. The van der Waals surface area contributed by atoms with Crippen molar-refractivity contribution < 1.29 is 0 Å². The summed E-state index contributed by atoms with van der Waals surface area (Å²) in [5.41, 5.74) is 10.5. The van der Waals surface area contributed by atoms with E-state index in [9.17, 15) is 0 Å². The topological polar surface area (TPSA) is 38.9 Å². The molecule has 2 heteroatoms. The zero-order valence-corrected chi connectivity index (χ0v) is 11.9. The van der Waals surface area contributed by atoms with Gasteiger partial charge in [-0.25, -0.2) is 0 Å². The van der Waals surface area contributed by atoms with Crippen LogP contribution in [-0.2, 0) is 5.54 Å². The van der Waals surface area contributed by atoms with Gasteiger partial charge in [-0.2, -0.15) is 0 Å². The Morgan fingerprint density at radius 1 is 1.17 bits per heavy atom. The second kappa shape index (κ2) is 4.36. The molecule has 0 saturated heterocycles. The van der Waals surface area contributed by atoms with Crippen molar-refractivity contribution in [2.45, 2.75) is 46.1 Å². The van der Waals surface area contributed by atoms with Crippen LogP contribution in [0.1, 0.15) is 50.4 Å². The third kappa shape index (κ3) is 2.39. The maximum Gasteiger partial charge on any atom is 0.0708 e. The molecule has 0 bridgehead atoms. The fourth-order valence-electron chi connectivity index (χ4n) is 2.27. The van der Waals surface area contributed by atoms with Gasteiger partial charge in [0.25, 0.3) is 0 Å². The van der Waals surface area contributed by atoms with Crippen molar-refractivity contribution in [2.24, 2.45) is 5.73 Å². The number of nitrogens with two attached hydrogens (primary N) is 1. The molecule has 96 valence electrons. The average Bonchev–Trinajstić information content (AvgIpc) is 2.25. The van der Waals surface area contributed by atoms with Gasteiger partial charge in [-0.1, -0.05) is 19.9 Å². The Hall–Kier alpha value is -1.41. The predicted molar refractivity (Wildman–Crippen MR) is 77.8 cm³/mol. The number of aromatic nitrogens is 1. The summed E-state index contributed by atoms with van der Waals surface area (Å²) in [5.74, 6) is 0.518. The molecule has 0 aliphatic carbocycles. The van der Waals surface area contributed by atoms with E-state index in [1.807, 2.05) is 20.8 Å². The Balaban J connectivity index is 2.78. The van der Waals surface area contributed by atoms with E-state index in [2.05, 4.69) is 43.1 Å². The number of nitrogens with zero attached hydrogens (tertiary/aromatic N) is 1. The number of pyridine rings is 1. The Kier molecular flexibility index (Phi) is 3.16. The van der Waals surface area contributed by atoms with Crippen LogP contribution in [0.5, 0.6) is 0 Å². The fourth-order valence-corrected chi connectivity index (χ4v) is 2.27. The average molecular weight is 242 g/mol. The summed E-state index contributed by atoms with van der Waals surface area (Å²) >= 11 is 0. The minimum Gasteiger partial charge on any atom is -0.322 e. The molecule has 0 unspecified atom stereocenters. The van der Waals surface area contributed by atoms with Gasteiger partial charge in [-0.3, -0.25) is 4.98 Å². The van der Waals surface area contributed by atoms with Crippen molar-refractivity contribution >= 4 is 10.9 Å². The quantitative estimate of drug-likeness (QED) is 0.868. The first-order chi connectivity index (χ1) is 8.29. The molecule has 0 saturated carbocycles. The largest absolute Gasteiger partial charge is 0.322 e. The lowest BCUT2D eigenvalue weighted by molar-refractivity contribution is 0.558. The molecule has 0 aliphatic heterocycles. The monoisotopic (exact) mass is 242 g/mol. The number of hydrogen-bond donors (Lipinski definition) is 1. The molecule has 0 amide bonds. The van der Waals surface area contributed by atoms with Crippen LogP contribution >= 0.6 is 0 Å². The number of aryl methyl sites for hydroxylation is 1. The second-order valence-corrected chi connectivity index (χ2v) is 5.96. The first-order valence-electron chi connectivity index (χ1n) is 6.49. The third-order valence-electron chi connectivity index (χ3n) is 3.32. The summed E-state index contributed by atoms with van der Waals surface area (Å²) in [5, 5.41) is 1.18. The predicted octanol–water partition coefficient (Wildman–Crippen LogP) is 3.86. The standard InChI is InChI=1S/C16H22N2/c1-10(2)12-6-7-15-13(9-12)14(16(4,5)17)8-11(3)18-15/h6-10H,17H2,1-5H3. The molecule has 0 radical (unpaired) electrons. The molecule has 1 heterocycles. The van der Waals surface area contributed by atoms with Crippen LogP contribution in [0.4, 0.5) is 0 Å². The van der Waals surface area contributed by atoms with Gasteiger partial charge in [0.2, 0.25) is 0 Å². The van der Waals surface area contributed by atoms with Gasteiger partial charge in [0, 0.05) is 16.6 Å². The van der Waals surface area contributed by atoms with Gasteiger partial charge in [-0.15, -0.1) is 0 Å². The molecule has 2 rings (SSSR count). The highest BCUT2D eigenvalue weighted by Crippen LogP contribution is 2.29. The van der Waals surface area contributed by atoms with E-state index < -0.39 is 0 Å². The van der Waals surface area contributed by atoms with Crippen LogP contribution in [0.3, 0.4) is 0 Å². The van der Waals surface area contributed by atoms with E-state index in [1.165, 1.54) is 16.5 Å². The maximum atomic E-state index is 6.29. The second-order valence-electron chi connectivity index (χ2n) is 5.96. The van der Waals surface area contributed by atoms with Gasteiger partial charge in [-0.05, 0) is 56.0 Å². The van der Waals surface area contributed by atoms with Crippen molar-refractivity contribution in [2.75, 3.05) is 0 Å². The molecule has 18 heavy (non-hydrogen) atoms. The fraction of sp³-hybridized carbons (Fsp3) is 0.438. The van der Waals surface area contributed by atoms with E-state index >= 15 is 0 Å². The molecule has 1 aromatic carbocycles. The lowest BCUT2D eigenvalue weighted by Gasteiger charge is -2.22. The first kappa shape index (κ1) is 13.0. The highest BCUT2D eigenvalue weighted by molar-refractivity contribution is 5.84. The highest BCUT2D eigenvalue weighted by atomic mass is 14.7. The van der Waals surface area contributed by atoms with Gasteiger partial charge < -0.3 is 5.73 Å². The molecular formula is C16H22N2. The molecule has 0 atom stereocenters. The minimum absolute atomic E-state index is 0.346. The van der Waals surface area contributed by atoms with E-state index in [1.54, 1.807) is 0 Å². The van der Waals surface area contributed by atoms with Crippen molar-refractivity contribution in [3.8, 4) is 0 Å². The summed E-state index contributed by atoms with van der Waals surface area (Å²) in [7, 11) is 0. The van der Waals surface area contributed by atoms with Crippen LogP contribution in [0.25, 0.3) is 10.9 Å². The number of rotatable bonds is 2. The van der Waals surface area contributed by atoms with Crippen LogP contribution in [0, 0.1) is 6.92 Å². The molecule has 2 nitrogen and oxygen atoms in total. The summed E-state index contributed by atoms with van der Waals surface area (Å²) in [4.78, 5) is 4.59. The van der Waals surface area contributed by atoms with Crippen molar-refractivity contribution in [1.29, 1.82) is 0 Å². The number of hydrogen-bond acceptors (Lipinski definition) is 2. The number of fused-ring (bicyclic) bond motifs is 1. The first-order valence-corrected chi connectivity index (χ1v) is 6.49. The van der Waals surface area contributed by atoms with E-state index in [0.717, 1.165) is 11.2 Å². The lowest BCUT2D eigenvalue weighted by atomic mass is 9.90. The Labute approximate surface area is 109 Å². The molecule has 2 N–H and O–H groups in total. The molecule has 2 aromatic rings. The van der Waals surface area contributed by atoms with Gasteiger partial charge in [0.15, 0.2) is 0 Å². The summed E-state index contributed by atoms with van der Waals surface area (Å²) in [6.07, 6.45) is 0. The van der Waals surface area contributed by atoms with Gasteiger partial charge in [0.05, 0.1) is 5.52 Å². The van der Waals surface area contributed by atoms with Gasteiger partial charge in [0.1, 0.15) is 0 Å². The van der Waals surface area contributed by atoms with Crippen molar-refractivity contribution in [3.63, 3.8) is 0 Å². The summed E-state index contributed by atoms with van der Waals surface area (Å²) in [6.45, 7) is 10.5. The summed E-state index contributed by atoms with van der Waals surface area (Å²) in [6, 6.07) is 8.60. The Morgan fingerprint density at radius 3 is 2.39 bits per heavy atom. The molecule has 0 aliphatic rings. The molecule has 0 spiro atoms. The molecular weight excluding hydrogens is 220 g/mol. The Morgan fingerprint density at radius 2 is 1.83 bits per heavy atom. The van der Waals surface area contributed by atoms with E-state index in [-0.39, 0.29) is 5.54 Å². The Bertz CT molecular complexity index is 577. The zero-order valence-electron chi connectivity index (χ0n) is 11.9. The lowest BCUT2D eigenvalue weighted by Crippen LogP contribution is -2.29. The van der Waals surface area contributed by atoms with Crippen LogP contribution in [0.2, 0.25) is 0 Å². The van der Waals surface area contributed by atoms with Crippen LogP contribution in [-0.4, -0.2) is 4.98 Å². The summed E-state index contributed by atoms with van der Waals surface area (Å²) < 4.78 is 0. The van der Waals surface area contributed by atoms with Gasteiger partial charge >= 0.3 is 0 Å². The SMILES string of the molecule is Cc1cc(C(C)(C)N)c2cc(C(C)C)ccc2n1. The van der Waals surface area contributed by atoms with Crippen LogP contribution < -0.4 is 5.73 Å².